The Labute approximate surface area is 158 Å². The molecule has 0 aliphatic carbocycles. The SMILES string of the molecule is CC(Oc1ccccc1Cl)C(=O)N1CCC(C(=O)c2ccccc2)CC1. The minimum absolute atomic E-state index is 0.0266. The molecule has 1 amide bonds. The summed E-state index contributed by atoms with van der Waals surface area (Å²) in [5.74, 6) is 0.569. The number of likely N-dealkylation sites (tertiary alicyclic amines) is 1. The van der Waals surface area contributed by atoms with Gasteiger partial charge in [-0.3, -0.25) is 9.59 Å². The highest BCUT2D eigenvalue weighted by Crippen LogP contribution is 2.26. The predicted molar refractivity (Wildman–Crippen MR) is 102 cm³/mol. The van der Waals surface area contributed by atoms with Gasteiger partial charge in [0, 0.05) is 24.6 Å². The maximum Gasteiger partial charge on any atom is 0.263 e. The van der Waals surface area contributed by atoms with Gasteiger partial charge in [-0.25, -0.2) is 0 Å². The second-order valence-corrected chi connectivity index (χ2v) is 6.93. The Morgan fingerprint density at radius 2 is 1.65 bits per heavy atom. The van der Waals surface area contributed by atoms with Gasteiger partial charge < -0.3 is 9.64 Å². The van der Waals surface area contributed by atoms with Crippen LogP contribution in [-0.4, -0.2) is 35.8 Å². The van der Waals surface area contributed by atoms with Crippen molar-refractivity contribution in [2.75, 3.05) is 13.1 Å². The molecule has 4 nitrogen and oxygen atoms in total. The number of nitrogens with zero attached hydrogens (tertiary/aromatic N) is 1. The Hall–Kier alpha value is -2.33. The van der Waals surface area contributed by atoms with Gasteiger partial charge in [0.15, 0.2) is 11.9 Å². The second-order valence-electron chi connectivity index (χ2n) is 6.52. The molecule has 26 heavy (non-hydrogen) atoms. The Kier molecular flexibility index (Phi) is 5.94. The molecule has 0 saturated carbocycles. The smallest absolute Gasteiger partial charge is 0.263 e. The summed E-state index contributed by atoms with van der Waals surface area (Å²) in [6.07, 6.45) is 0.743. The molecule has 1 atom stereocenters. The third kappa shape index (κ3) is 4.25. The van der Waals surface area contributed by atoms with E-state index in [-0.39, 0.29) is 17.6 Å². The fourth-order valence-corrected chi connectivity index (χ4v) is 3.42. The van der Waals surface area contributed by atoms with E-state index in [1.807, 2.05) is 42.5 Å². The van der Waals surface area contributed by atoms with Gasteiger partial charge in [-0.1, -0.05) is 54.1 Å². The molecule has 1 unspecified atom stereocenters. The zero-order chi connectivity index (χ0) is 18.5. The number of piperidine rings is 1. The molecule has 1 heterocycles. The second kappa shape index (κ2) is 8.37. The zero-order valence-electron chi connectivity index (χ0n) is 14.7. The van der Waals surface area contributed by atoms with E-state index in [0.29, 0.717) is 36.7 Å². The average molecular weight is 372 g/mol. The van der Waals surface area contributed by atoms with Crippen molar-refractivity contribution in [1.29, 1.82) is 0 Å². The quantitative estimate of drug-likeness (QED) is 0.739. The molecule has 0 bridgehead atoms. The van der Waals surface area contributed by atoms with Crippen LogP contribution in [-0.2, 0) is 4.79 Å². The van der Waals surface area contributed by atoms with Crippen LogP contribution < -0.4 is 4.74 Å². The lowest BCUT2D eigenvalue weighted by molar-refractivity contribution is -0.139. The number of Topliss-reactive ketones (excluding diaryl/α,β-unsaturated/α-hetero) is 1. The monoisotopic (exact) mass is 371 g/mol. The number of halogens is 1. The van der Waals surface area contributed by atoms with Gasteiger partial charge >= 0.3 is 0 Å². The summed E-state index contributed by atoms with van der Waals surface area (Å²) in [5.41, 5.74) is 0.743. The molecule has 0 aromatic heterocycles. The van der Waals surface area contributed by atoms with Crippen LogP contribution in [0.5, 0.6) is 5.75 Å². The van der Waals surface area contributed by atoms with Gasteiger partial charge in [-0.05, 0) is 31.9 Å². The molecule has 1 saturated heterocycles. The molecule has 1 aliphatic heterocycles. The number of ketones is 1. The molecule has 2 aromatic rings. The van der Waals surface area contributed by atoms with E-state index in [4.69, 9.17) is 16.3 Å². The van der Waals surface area contributed by atoms with Crippen LogP contribution in [0.1, 0.15) is 30.1 Å². The van der Waals surface area contributed by atoms with Gasteiger partial charge in [-0.2, -0.15) is 0 Å². The van der Waals surface area contributed by atoms with E-state index in [1.54, 1.807) is 24.0 Å². The van der Waals surface area contributed by atoms with E-state index in [1.165, 1.54) is 0 Å². The van der Waals surface area contributed by atoms with Gasteiger partial charge in [-0.15, -0.1) is 0 Å². The third-order valence-electron chi connectivity index (χ3n) is 4.72. The summed E-state index contributed by atoms with van der Waals surface area (Å²) in [4.78, 5) is 27.0. The highest BCUT2D eigenvalue weighted by atomic mass is 35.5. The first-order valence-electron chi connectivity index (χ1n) is 8.85. The van der Waals surface area contributed by atoms with Crippen LogP contribution in [0.25, 0.3) is 0 Å². The van der Waals surface area contributed by atoms with Crippen LogP contribution in [0.4, 0.5) is 0 Å². The molecule has 0 radical (unpaired) electrons. The van der Waals surface area contributed by atoms with Crippen LogP contribution in [0, 0.1) is 5.92 Å². The topological polar surface area (TPSA) is 46.6 Å². The number of hydrogen-bond donors (Lipinski definition) is 0. The lowest BCUT2D eigenvalue weighted by Gasteiger charge is -2.33. The zero-order valence-corrected chi connectivity index (χ0v) is 15.5. The fraction of sp³-hybridized carbons (Fsp3) is 0.333. The number of benzene rings is 2. The molecule has 1 fully saturated rings. The number of hydrogen-bond acceptors (Lipinski definition) is 3. The average Bonchev–Trinajstić information content (AvgIpc) is 2.69. The van der Waals surface area contributed by atoms with E-state index in [9.17, 15) is 9.59 Å². The van der Waals surface area contributed by atoms with Crippen molar-refractivity contribution < 1.29 is 14.3 Å². The predicted octanol–water partition coefficient (Wildman–Crippen LogP) is 4.23. The highest BCUT2D eigenvalue weighted by Gasteiger charge is 2.30. The van der Waals surface area contributed by atoms with Crippen molar-refractivity contribution in [1.82, 2.24) is 4.90 Å². The van der Waals surface area contributed by atoms with E-state index in [0.717, 1.165) is 5.56 Å². The normalized spacial score (nSPS) is 16.2. The first-order chi connectivity index (χ1) is 12.6. The van der Waals surface area contributed by atoms with Crippen molar-refractivity contribution in [3.8, 4) is 5.75 Å². The van der Waals surface area contributed by atoms with E-state index < -0.39 is 6.10 Å². The maximum atomic E-state index is 12.6. The molecule has 3 rings (SSSR count). The largest absolute Gasteiger partial charge is 0.479 e. The maximum absolute atomic E-state index is 12.6. The lowest BCUT2D eigenvalue weighted by Crippen LogP contribution is -2.45. The number of carbonyl (C=O) groups excluding carboxylic acids is 2. The van der Waals surface area contributed by atoms with Crippen LogP contribution >= 0.6 is 11.6 Å². The summed E-state index contributed by atoms with van der Waals surface area (Å²) >= 11 is 6.08. The van der Waals surface area contributed by atoms with Crippen molar-refractivity contribution >= 4 is 23.3 Å². The standard InChI is InChI=1S/C21H22ClNO3/c1-15(26-19-10-6-5-9-18(19)22)21(25)23-13-11-17(12-14-23)20(24)16-7-3-2-4-8-16/h2-10,15,17H,11-14H2,1H3. The summed E-state index contributed by atoms with van der Waals surface area (Å²) < 4.78 is 5.71. The van der Waals surface area contributed by atoms with Crippen LogP contribution in [0.3, 0.4) is 0 Å². The minimum atomic E-state index is -0.615. The summed E-state index contributed by atoms with van der Waals surface area (Å²) in [7, 11) is 0. The van der Waals surface area contributed by atoms with Gasteiger partial charge in [0.2, 0.25) is 0 Å². The molecule has 1 aliphatic rings. The van der Waals surface area contributed by atoms with Crippen molar-refractivity contribution in [3.05, 3.63) is 65.2 Å². The van der Waals surface area contributed by atoms with E-state index in [2.05, 4.69) is 0 Å². The molecule has 136 valence electrons. The number of rotatable bonds is 5. The van der Waals surface area contributed by atoms with Crippen molar-refractivity contribution in [3.63, 3.8) is 0 Å². The number of para-hydroxylation sites is 1. The van der Waals surface area contributed by atoms with Gasteiger partial charge in [0.25, 0.3) is 5.91 Å². The fourth-order valence-electron chi connectivity index (χ4n) is 3.24. The first-order valence-corrected chi connectivity index (χ1v) is 9.23. The van der Waals surface area contributed by atoms with Gasteiger partial charge in [0.05, 0.1) is 5.02 Å². The Morgan fingerprint density at radius 1 is 1.04 bits per heavy atom. The number of amides is 1. The van der Waals surface area contributed by atoms with Crippen molar-refractivity contribution in [2.24, 2.45) is 5.92 Å². The lowest BCUT2D eigenvalue weighted by atomic mass is 9.89. The van der Waals surface area contributed by atoms with Gasteiger partial charge in [0.1, 0.15) is 5.75 Å². The number of ether oxygens (including phenoxy) is 1. The molecular weight excluding hydrogens is 350 g/mol. The van der Waals surface area contributed by atoms with E-state index >= 15 is 0 Å². The first kappa shape index (κ1) is 18.5. The van der Waals surface area contributed by atoms with Crippen LogP contribution in [0.2, 0.25) is 5.02 Å². The Morgan fingerprint density at radius 3 is 2.31 bits per heavy atom. The summed E-state index contributed by atoms with van der Waals surface area (Å²) in [5, 5.41) is 0.485. The highest BCUT2D eigenvalue weighted by molar-refractivity contribution is 6.32. The Balaban J connectivity index is 1.55. The molecule has 2 aromatic carbocycles. The minimum Gasteiger partial charge on any atom is -0.479 e. The molecule has 0 N–H and O–H groups in total. The molecular formula is C21H22ClNO3. The molecule has 0 spiro atoms. The number of carbonyl (C=O) groups is 2. The van der Waals surface area contributed by atoms with Crippen molar-refractivity contribution in [2.45, 2.75) is 25.9 Å². The third-order valence-corrected chi connectivity index (χ3v) is 5.04. The summed E-state index contributed by atoms with van der Waals surface area (Å²) in [6.45, 7) is 2.86. The Bertz CT molecular complexity index is 770. The summed E-state index contributed by atoms with van der Waals surface area (Å²) in [6, 6.07) is 16.5. The molecule has 5 heteroatoms. The van der Waals surface area contributed by atoms with Crippen LogP contribution in [0.15, 0.2) is 54.6 Å².